The molecule has 82 valence electrons. The maximum Gasteiger partial charge on any atom is 0.351 e. The number of benzene rings is 1. The second kappa shape index (κ2) is 3.79. The summed E-state index contributed by atoms with van der Waals surface area (Å²) in [5.41, 5.74) is 5.44. The summed E-state index contributed by atoms with van der Waals surface area (Å²) in [6.45, 7) is 0.345. The van der Waals surface area contributed by atoms with E-state index in [1.54, 1.807) is 18.2 Å². The Morgan fingerprint density at radius 2 is 2.12 bits per heavy atom. The van der Waals surface area contributed by atoms with Gasteiger partial charge in [0.05, 0.1) is 0 Å². The number of hydrogen-bond donors (Lipinski definition) is 2. The van der Waals surface area contributed by atoms with E-state index in [4.69, 9.17) is 15.3 Å². The smallest absolute Gasteiger partial charge is 0.351 e. The third kappa shape index (κ3) is 1.68. The lowest BCUT2D eigenvalue weighted by molar-refractivity contribution is 0.0692. The Labute approximate surface area is 90.1 Å². The van der Waals surface area contributed by atoms with Crippen LogP contribution in [0, 0.1) is 0 Å². The maximum atomic E-state index is 11.3. The van der Waals surface area contributed by atoms with Crippen LogP contribution in [0.1, 0.15) is 15.9 Å². The zero-order valence-corrected chi connectivity index (χ0v) is 8.27. The minimum atomic E-state index is -1.30. The number of nitrogens with two attached hydrogens (primary N) is 1. The Kier molecular flexibility index (Phi) is 2.46. The molecule has 0 bridgehead atoms. The summed E-state index contributed by atoms with van der Waals surface area (Å²) in [6, 6.07) is 6.32. The van der Waals surface area contributed by atoms with Crippen molar-refractivity contribution in [2.24, 2.45) is 5.73 Å². The lowest BCUT2D eigenvalue weighted by Gasteiger charge is -2.00. The van der Waals surface area contributed by atoms with Crippen molar-refractivity contribution in [3.8, 4) is 0 Å². The number of rotatable bonds is 2. The molecule has 3 N–H and O–H groups in total. The molecule has 0 radical (unpaired) electrons. The molecule has 5 nitrogen and oxygen atoms in total. The van der Waals surface area contributed by atoms with Gasteiger partial charge in [-0.2, -0.15) is 0 Å². The Morgan fingerprint density at radius 1 is 1.38 bits per heavy atom. The molecule has 1 aromatic heterocycles. The molecule has 0 saturated heterocycles. The van der Waals surface area contributed by atoms with Crippen LogP contribution in [-0.4, -0.2) is 11.1 Å². The molecule has 0 spiro atoms. The van der Waals surface area contributed by atoms with Gasteiger partial charge in [-0.3, -0.25) is 0 Å². The van der Waals surface area contributed by atoms with E-state index in [2.05, 4.69) is 0 Å². The molecular weight excluding hydrogens is 210 g/mol. The van der Waals surface area contributed by atoms with Crippen LogP contribution >= 0.6 is 0 Å². The van der Waals surface area contributed by atoms with Gasteiger partial charge in [0.1, 0.15) is 11.1 Å². The van der Waals surface area contributed by atoms with E-state index >= 15 is 0 Å². The number of carbonyl (C=O) groups is 1. The van der Waals surface area contributed by atoms with Crippen molar-refractivity contribution in [2.75, 3.05) is 0 Å². The summed E-state index contributed by atoms with van der Waals surface area (Å²) in [6.07, 6.45) is 0. The first kappa shape index (κ1) is 10.4. The van der Waals surface area contributed by atoms with Crippen molar-refractivity contribution in [1.82, 2.24) is 0 Å². The average Bonchev–Trinajstić information content (AvgIpc) is 2.27. The first-order valence-electron chi connectivity index (χ1n) is 4.62. The van der Waals surface area contributed by atoms with E-state index < -0.39 is 11.6 Å². The SMILES string of the molecule is NCc1ccc2oc(=O)c(C(=O)O)cc2c1. The summed E-state index contributed by atoms with van der Waals surface area (Å²) in [4.78, 5) is 22.0. The fraction of sp³-hybridized carbons (Fsp3) is 0.0909. The van der Waals surface area contributed by atoms with Crippen LogP contribution in [0.25, 0.3) is 11.0 Å². The first-order chi connectivity index (χ1) is 7.61. The monoisotopic (exact) mass is 219 g/mol. The van der Waals surface area contributed by atoms with Gasteiger partial charge in [0, 0.05) is 11.9 Å². The number of fused-ring (bicyclic) bond motifs is 1. The zero-order valence-electron chi connectivity index (χ0n) is 8.27. The van der Waals surface area contributed by atoms with Crippen molar-refractivity contribution in [2.45, 2.75) is 6.54 Å². The zero-order chi connectivity index (χ0) is 11.7. The Hall–Kier alpha value is -2.14. The van der Waals surface area contributed by atoms with Gasteiger partial charge in [0.15, 0.2) is 0 Å². The molecule has 0 fully saturated rings. The molecule has 1 heterocycles. The van der Waals surface area contributed by atoms with E-state index in [1.165, 1.54) is 6.07 Å². The molecule has 0 unspecified atom stereocenters. The molecule has 5 heteroatoms. The summed E-state index contributed by atoms with van der Waals surface area (Å²) < 4.78 is 4.88. The minimum absolute atomic E-state index is 0.345. The van der Waals surface area contributed by atoms with Crippen molar-refractivity contribution >= 4 is 16.9 Å². The third-order valence-corrected chi connectivity index (χ3v) is 2.26. The molecule has 2 rings (SSSR count). The Morgan fingerprint density at radius 3 is 2.75 bits per heavy atom. The van der Waals surface area contributed by atoms with Gasteiger partial charge >= 0.3 is 11.6 Å². The number of carboxylic acids is 1. The highest BCUT2D eigenvalue weighted by Crippen LogP contribution is 2.15. The van der Waals surface area contributed by atoms with Gasteiger partial charge in [-0.05, 0) is 23.8 Å². The van der Waals surface area contributed by atoms with Gasteiger partial charge < -0.3 is 15.3 Å². The topological polar surface area (TPSA) is 93.5 Å². The predicted molar refractivity (Wildman–Crippen MR) is 57.3 cm³/mol. The first-order valence-corrected chi connectivity index (χ1v) is 4.62. The van der Waals surface area contributed by atoms with E-state index in [0.717, 1.165) is 5.56 Å². The molecule has 2 aromatic rings. The van der Waals surface area contributed by atoms with Crippen LogP contribution in [0.3, 0.4) is 0 Å². The fourth-order valence-corrected chi connectivity index (χ4v) is 1.45. The summed E-state index contributed by atoms with van der Waals surface area (Å²) in [5, 5.41) is 9.32. The molecule has 0 aliphatic rings. The molecule has 16 heavy (non-hydrogen) atoms. The van der Waals surface area contributed by atoms with Crippen molar-refractivity contribution in [1.29, 1.82) is 0 Å². The Balaban J connectivity index is 2.75. The highest BCUT2D eigenvalue weighted by atomic mass is 16.4. The lowest BCUT2D eigenvalue weighted by Crippen LogP contribution is -2.12. The fourth-order valence-electron chi connectivity index (χ4n) is 1.45. The molecule has 0 aliphatic carbocycles. The standard InChI is InChI=1S/C11H9NO4/c12-5-6-1-2-9-7(3-6)4-8(10(13)14)11(15)16-9/h1-4H,5,12H2,(H,13,14). The van der Waals surface area contributed by atoms with Crippen molar-refractivity contribution < 1.29 is 14.3 Å². The molecule has 0 aliphatic heterocycles. The minimum Gasteiger partial charge on any atom is -0.477 e. The maximum absolute atomic E-state index is 11.3. The molecule has 1 aromatic carbocycles. The van der Waals surface area contributed by atoms with Crippen LogP contribution in [0.5, 0.6) is 0 Å². The van der Waals surface area contributed by atoms with Gasteiger partial charge in [-0.15, -0.1) is 0 Å². The van der Waals surface area contributed by atoms with Crippen LogP contribution in [-0.2, 0) is 6.54 Å². The molecular formula is C11H9NO4. The van der Waals surface area contributed by atoms with E-state index in [9.17, 15) is 9.59 Å². The van der Waals surface area contributed by atoms with Crippen molar-refractivity contribution in [3.63, 3.8) is 0 Å². The van der Waals surface area contributed by atoms with E-state index in [1.807, 2.05) is 0 Å². The second-order valence-corrected chi connectivity index (χ2v) is 3.33. The summed E-state index contributed by atoms with van der Waals surface area (Å²) in [5.74, 6) is -1.30. The van der Waals surface area contributed by atoms with Gasteiger partial charge in [0.25, 0.3) is 0 Å². The average molecular weight is 219 g/mol. The number of hydrogen-bond acceptors (Lipinski definition) is 4. The number of aromatic carboxylic acids is 1. The molecule has 0 saturated carbocycles. The largest absolute Gasteiger partial charge is 0.477 e. The highest BCUT2D eigenvalue weighted by molar-refractivity contribution is 5.91. The second-order valence-electron chi connectivity index (χ2n) is 3.33. The Bertz CT molecular complexity index is 615. The summed E-state index contributed by atoms with van der Waals surface area (Å²) >= 11 is 0. The number of carboxylic acid groups (broad SMARTS) is 1. The quantitative estimate of drug-likeness (QED) is 0.733. The van der Waals surface area contributed by atoms with Crippen molar-refractivity contribution in [3.05, 3.63) is 45.8 Å². The van der Waals surface area contributed by atoms with Crippen LogP contribution < -0.4 is 11.4 Å². The van der Waals surface area contributed by atoms with E-state index in [0.29, 0.717) is 17.5 Å². The van der Waals surface area contributed by atoms with Gasteiger partial charge in [-0.1, -0.05) is 6.07 Å². The third-order valence-electron chi connectivity index (χ3n) is 2.26. The lowest BCUT2D eigenvalue weighted by atomic mass is 10.1. The van der Waals surface area contributed by atoms with Crippen LogP contribution in [0.2, 0.25) is 0 Å². The van der Waals surface area contributed by atoms with Crippen LogP contribution in [0.15, 0.2) is 33.5 Å². The van der Waals surface area contributed by atoms with Crippen LogP contribution in [0.4, 0.5) is 0 Å². The van der Waals surface area contributed by atoms with Gasteiger partial charge in [0.2, 0.25) is 0 Å². The molecule has 0 atom stereocenters. The highest BCUT2D eigenvalue weighted by Gasteiger charge is 2.11. The molecule has 0 amide bonds. The predicted octanol–water partition coefficient (Wildman–Crippen LogP) is 0.950. The summed E-state index contributed by atoms with van der Waals surface area (Å²) in [7, 11) is 0. The van der Waals surface area contributed by atoms with E-state index in [-0.39, 0.29) is 5.56 Å². The normalized spacial score (nSPS) is 10.6. The van der Waals surface area contributed by atoms with Gasteiger partial charge in [-0.25, -0.2) is 9.59 Å².